The number of benzene rings is 3. The summed E-state index contributed by atoms with van der Waals surface area (Å²) in [6.07, 6.45) is 1.56. The average Bonchev–Trinajstić information content (AvgIpc) is 3.18. The Labute approximate surface area is 171 Å². The smallest absolute Gasteiger partial charge is 0.340 e. The van der Waals surface area contributed by atoms with Gasteiger partial charge in [-0.25, -0.2) is 9.00 Å². The minimum Gasteiger partial charge on any atom is -0.488 e. The summed E-state index contributed by atoms with van der Waals surface area (Å²) in [6.45, 7) is 0.355. The van der Waals surface area contributed by atoms with Gasteiger partial charge in [-0.3, -0.25) is 3.97 Å². The first-order valence-corrected chi connectivity index (χ1v) is 10.2. The van der Waals surface area contributed by atoms with Gasteiger partial charge in [0.2, 0.25) is 0 Å². The van der Waals surface area contributed by atoms with Gasteiger partial charge in [0.15, 0.2) is 11.0 Å². The van der Waals surface area contributed by atoms with E-state index in [1.807, 2.05) is 60.7 Å². The molecule has 0 saturated heterocycles. The summed E-state index contributed by atoms with van der Waals surface area (Å²) in [5, 5.41) is 0.583. The zero-order chi connectivity index (χ0) is 20.2. The molecule has 0 aliphatic carbocycles. The van der Waals surface area contributed by atoms with Crippen molar-refractivity contribution in [3.8, 4) is 5.75 Å². The summed E-state index contributed by atoms with van der Waals surface area (Å²) in [6, 6.07) is 24.3. The molecule has 5 nitrogen and oxygen atoms in total. The largest absolute Gasteiger partial charge is 0.488 e. The maximum Gasteiger partial charge on any atom is 0.340 e. The van der Waals surface area contributed by atoms with Crippen molar-refractivity contribution in [2.75, 3.05) is 7.11 Å². The Balaban J connectivity index is 1.80. The van der Waals surface area contributed by atoms with Crippen molar-refractivity contribution in [3.05, 3.63) is 96.2 Å². The summed E-state index contributed by atoms with van der Waals surface area (Å²) in [4.78, 5) is 13.1. The van der Waals surface area contributed by atoms with Gasteiger partial charge in [-0.1, -0.05) is 54.6 Å². The van der Waals surface area contributed by atoms with Crippen LogP contribution in [0.3, 0.4) is 0 Å². The molecule has 29 heavy (non-hydrogen) atoms. The van der Waals surface area contributed by atoms with Crippen LogP contribution in [0.5, 0.6) is 5.75 Å². The molecule has 4 rings (SSSR count). The number of fused-ring (bicyclic) bond motifs is 1. The molecule has 0 aliphatic rings. The number of esters is 1. The van der Waals surface area contributed by atoms with Gasteiger partial charge in [0.25, 0.3) is 0 Å². The molecular weight excluding hydrogens is 386 g/mol. The highest BCUT2D eigenvalue weighted by Crippen LogP contribution is 2.33. The van der Waals surface area contributed by atoms with Crippen molar-refractivity contribution in [2.24, 2.45) is 0 Å². The van der Waals surface area contributed by atoms with Crippen LogP contribution in [0.1, 0.15) is 15.9 Å². The van der Waals surface area contributed by atoms with E-state index in [4.69, 9.17) is 9.47 Å². The van der Waals surface area contributed by atoms with Gasteiger partial charge in [-0.05, 0) is 29.8 Å². The van der Waals surface area contributed by atoms with Crippen molar-refractivity contribution >= 4 is 27.9 Å². The first-order chi connectivity index (χ1) is 14.2. The minimum atomic E-state index is -1.51. The number of carbonyl (C=O) groups is 1. The van der Waals surface area contributed by atoms with Crippen LogP contribution in [0.25, 0.3) is 10.9 Å². The second kappa shape index (κ2) is 8.32. The Morgan fingerprint density at radius 1 is 0.931 bits per heavy atom. The van der Waals surface area contributed by atoms with Crippen LogP contribution in [0.15, 0.2) is 90.0 Å². The van der Waals surface area contributed by atoms with E-state index < -0.39 is 17.0 Å². The van der Waals surface area contributed by atoms with E-state index in [2.05, 4.69) is 0 Å². The zero-order valence-electron chi connectivity index (χ0n) is 15.8. The third kappa shape index (κ3) is 3.79. The minimum absolute atomic E-state index is 0.315. The quantitative estimate of drug-likeness (QED) is 0.441. The van der Waals surface area contributed by atoms with E-state index in [9.17, 15) is 9.00 Å². The Kier molecular flexibility index (Phi) is 5.44. The normalized spacial score (nSPS) is 11.9. The summed E-state index contributed by atoms with van der Waals surface area (Å²) in [5.41, 5.74) is 1.96. The monoisotopic (exact) mass is 405 g/mol. The van der Waals surface area contributed by atoms with Crippen LogP contribution in [0.4, 0.5) is 0 Å². The Morgan fingerprint density at radius 2 is 1.62 bits per heavy atom. The van der Waals surface area contributed by atoms with Crippen molar-refractivity contribution in [3.63, 3.8) is 0 Å². The molecule has 0 saturated carbocycles. The number of ether oxygens (including phenoxy) is 2. The number of aromatic nitrogens is 1. The van der Waals surface area contributed by atoms with Crippen molar-refractivity contribution < 1.29 is 18.5 Å². The molecule has 0 fully saturated rings. The molecule has 4 aromatic rings. The summed E-state index contributed by atoms with van der Waals surface area (Å²) < 4.78 is 25.7. The van der Waals surface area contributed by atoms with Gasteiger partial charge in [0.05, 0.1) is 28.5 Å². The lowest BCUT2D eigenvalue weighted by molar-refractivity contribution is 0.0602. The fourth-order valence-corrected chi connectivity index (χ4v) is 4.28. The van der Waals surface area contributed by atoms with Crippen LogP contribution in [0, 0.1) is 0 Å². The molecule has 6 heteroatoms. The highest BCUT2D eigenvalue weighted by molar-refractivity contribution is 7.83. The predicted octanol–water partition coefficient (Wildman–Crippen LogP) is 4.58. The lowest BCUT2D eigenvalue weighted by Gasteiger charge is -2.10. The number of hydrogen-bond acceptors (Lipinski definition) is 4. The van der Waals surface area contributed by atoms with E-state index in [0.717, 1.165) is 5.56 Å². The second-order valence-electron chi connectivity index (χ2n) is 6.35. The topological polar surface area (TPSA) is 57.5 Å². The molecule has 3 aromatic carbocycles. The molecule has 0 radical (unpaired) electrons. The van der Waals surface area contributed by atoms with E-state index in [-0.39, 0.29) is 0 Å². The van der Waals surface area contributed by atoms with Gasteiger partial charge in [0, 0.05) is 6.20 Å². The number of methoxy groups -OCH3 is 1. The highest BCUT2D eigenvalue weighted by Gasteiger charge is 2.22. The van der Waals surface area contributed by atoms with E-state index in [0.29, 0.717) is 33.7 Å². The molecule has 0 N–H and O–H groups in total. The second-order valence-corrected chi connectivity index (χ2v) is 7.71. The Hall–Kier alpha value is -3.38. The van der Waals surface area contributed by atoms with Gasteiger partial charge >= 0.3 is 5.97 Å². The zero-order valence-corrected chi connectivity index (χ0v) is 16.6. The summed E-state index contributed by atoms with van der Waals surface area (Å²) in [7, 11) is -0.187. The molecule has 1 heterocycles. The van der Waals surface area contributed by atoms with Gasteiger partial charge < -0.3 is 9.47 Å². The molecule has 146 valence electrons. The van der Waals surface area contributed by atoms with Crippen LogP contribution in [0.2, 0.25) is 0 Å². The molecule has 0 bridgehead atoms. The first kappa shape index (κ1) is 19.0. The maximum absolute atomic E-state index is 13.2. The van der Waals surface area contributed by atoms with E-state index in [1.165, 1.54) is 7.11 Å². The van der Waals surface area contributed by atoms with Crippen LogP contribution in [-0.2, 0) is 22.3 Å². The fourth-order valence-electron chi connectivity index (χ4n) is 3.13. The molecular formula is C23H19NO4S. The molecule has 1 unspecified atom stereocenters. The first-order valence-electron chi connectivity index (χ1n) is 9.05. The molecule has 0 spiro atoms. The van der Waals surface area contributed by atoms with E-state index >= 15 is 0 Å². The number of carbonyl (C=O) groups excluding carboxylic acids is 1. The van der Waals surface area contributed by atoms with Crippen LogP contribution in [-0.4, -0.2) is 21.3 Å². The van der Waals surface area contributed by atoms with Crippen molar-refractivity contribution in [1.82, 2.24) is 3.97 Å². The van der Waals surface area contributed by atoms with Gasteiger partial charge in [-0.2, -0.15) is 0 Å². The van der Waals surface area contributed by atoms with Crippen molar-refractivity contribution in [1.29, 1.82) is 0 Å². The molecule has 1 aromatic heterocycles. The molecule has 0 aliphatic heterocycles. The maximum atomic E-state index is 13.2. The number of rotatable bonds is 6. The SMILES string of the molecule is COC(=O)c1cn(S(=O)c2ccccc2)c2cccc(OCc3ccccc3)c12. The highest BCUT2D eigenvalue weighted by atomic mass is 32.2. The molecule has 1 atom stereocenters. The van der Waals surface area contributed by atoms with Gasteiger partial charge in [0.1, 0.15) is 12.4 Å². The Morgan fingerprint density at radius 3 is 2.31 bits per heavy atom. The predicted molar refractivity (Wildman–Crippen MR) is 112 cm³/mol. The van der Waals surface area contributed by atoms with Crippen LogP contribution < -0.4 is 4.74 Å². The number of nitrogens with zero attached hydrogens (tertiary/aromatic N) is 1. The van der Waals surface area contributed by atoms with Crippen molar-refractivity contribution in [2.45, 2.75) is 11.5 Å². The van der Waals surface area contributed by atoms with Gasteiger partial charge in [-0.15, -0.1) is 0 Å². The third-order valence-electron chi connectivity index (χ3n) is 4.52. The molecule has 0 amide bonds. The lowest BCUT2D eigenvalue weighted by Crippen LogP contribution is -2.04. The summed E-state index contributed by atoms with van der Waals surface area (Å²) >= 11 is 0. The lowest BCUT2D eigenvalue weighted by atomic mass is 10.1. The Bertz CT molecular complexity index is 1170. The van der Waals surface area contributed by atoms with Crippen LogP contribution >= 0.6 is 0 Å². The summed E-state index contributed by atoms with van der Waals surface area (Å²) in [5.74, 6) is 0.0325. The third-order valence-corrected chi connectivity index (χ3v) is 5.86. The van der Waals surface area contributed by atoms with E-state index in [1.54, 1.807) is 28.4 Å². The fraction of sp³-hybridized carbons (Fsp3) is 0.0870. The standard InChI is InChI=1S/C23H19NO4S/c1-27-23(25)19-15-24(29(26)18-11-6-3-7-12-18)20-13-8-14-21(22(19)20)28-16-17-9-4-2-5-10-17/h2-15H,16H2,1H3. The number of hydrogen-bond donors (Lipinski definition) is 0. The average molecular weight is 405 g/mol.